The maximum absolute atomic E-state index is 12.7. The summed E-state index contributed by atoms with van der Waals surface area (Å²) >= 11 is 0. The molecule has 1 fully saturated rings. The SMILES string of the molecule is CC(=O)NC1CCC(c2nc3ccc(-c4cn[nH]c4)cc3c(NC(C)C)c2C(N)=O)CC1. The van der Waals surface area contributed by atoms with Gasteiger partial charge in [-0.1, -0.05) is 6.07 Å². The van der Waals surface area contributed by atoms with E-state index >= 15 is 0 Å². The van der Waals surface area contributed by atoms with Crippen LogP contribution in [0.2, 0.25) is 0 Å². The quantitative estimate of drug-likeness (QED) is 0.471. The van der Waals surface area contributed by atoms with Crippen LogP contribution in [-0.4, -0.2) is 39.1 Å². The van der Waals surface area contributed by atoms with Gasteiger partial charge >= 0.3 is 0 Å². The van der Waals surface area contributed by atoms with Gasteiger partial charge < -0.3 is 16.4 Å². The molecule has 2 aromatic heterocycles. The second kappa shape index (κ2) is 8.98. The number of carbonyl (C=O) groups excluding carboxylic acids is 2. The fourth-order valence-corrected chi connectivity index (χ4v) is 4.65. The van der Waals surface area contributed by atoms with Gasteiger partial charge in [0.15, 0.2) is 0 Å². The van der Waals surface area contributed by atoms with Gasteiger partial charge in [-0.25, -0.2) is 0 Å². The summed E-state index contributed by atoms with van der Waals surface area (Å²) in [7, 11) is 0. The molecule has 0 spiro atoms. The molecular formula is C24H30N6O2. The lowest BCUT2D eigenvalue weighted by molar-refractivity contribution is -0.119. The Hall–Kier alpha value is -3.42. The Morgan fingerprint density at radius 2 is 1.91 bits per heavy atom. The number of nitrogens with zero attached hydrogens (tertiary/aromatic N) is 2. The van der Waals surface area contributed by atoms with Crippen molar-refractivity contribution >= 4 is 28.4 Å². The maximum atomic E-state index is 12.7. The highest BCUT2D eigenvalue weighted by Gasteiger charge is 2.29. The number of aromatic nitrogens is 3. The summed E-state index contributed by atoms with van der Waals surface area (Å²) in [6.07, 6.45) is 7.00. The molecule has 8 heteroatoms. The lowest BCUT2D eigenvalue weighted by Crippen LogP contribution is -2.36. The minimum Gasteiger partial charge on any atom is -0.382 e. The lowest BCUT2D eigenvalue weighted by Gasteiger charge is -2.30. The summed E-state index contributed by atoms with van der Waals surface area (Å²) in [5.41, 5.74) is 10.7. The predicted molar refractivity (Wildman–Crippen MR) is 125 cm³/mol. The van der Waals surface area contributed by atoms with Crippen LogP contribution in [0.3, 0.4) is 0 Å². The van der Waals surface area contributed by atoms with Gasteiger partial charge in [0.1, 0.15) is 0 Å². The Balaban J connectivity index is 1.81. The van der Waals surface area contributed by atoms with E-state index in [1.54, 1.807) is 13.1 Å². The highest BCUT2D eigenvalue weighted by atomic mass is 16.1. The normalized spacial score (nSPS) is 18.6. The smallest absolute Gasteiger partial charge is 0.252 e. The molecule has 0 saturated heterocycles. The molecule has 1 aliphatic rings. The van der Waals surface area contributed by atoms with Crippen molar-refractivity contribution in [3.63, 3.8) is 0 Å². The zero-order chi connectivity index (χ0) is 22.8. The fourth-order valence-electron chi connectivity index (χ4n) is 4.65. The second-order valence-corrected chi connectivity index (χ2v) is 8.88. The summed E-state index contributed by atoms with van der Waals surface area (Å²) in [5, 5.41) is 14.2. The standard InChI is InChI=1S/C24H30N6O2/c1-13(2)28-23-19-10-16(17-11-26-27-12-17)6-9-20(19)30-22(21(23)24(25)32)15-4-7-18(8-5-15)29-14(3)31/h6,9-13,15,18H,4-5,7-8H2,1-3H3,(H2,25,32)(H,26,27)(H,28,30)(H,29,31). The molecule has 0 radical (unpaired) electrons. The molecule has 2 heterocycles. The van der Waals surface area contributed by atoms with Crippen LogP contribution in [-0.2, 0) is 4.79 Å². The number of carbonyl (C=O) groups is 2. The number of hydrogen-bond donors (Lipinski definition) is 4. The zero-order valence-electron chi connectivity index (χ0n) is 18.7. The molecule has 3 aromatic rings. The van der Waals surface area contributed by atoms with Crippen molar-refractivity contribution in [2.45, 2.75) is 64.5 Å². The molecule has 1 aromatic carbocycles. The van der Waals surface area contributed by atoms with Crippen molar-refractivity contribution in [2.24, 2.45) is 5.73 Å². The van der Waals surface area contributed by atoms with Gasteiger partial charge in [-0.2, -0.15) is 5.10 Å². The van der Waals surface area contributed by atoms with Crippen LogP contribution in [0.25, 0.3) is 22.0 Å². The van der Waals surface area contributed by atoms with Crippen LogP contribution >= 0.6 is 0 Å². The Bertz CT molecular complexity index is 1130. The molecule has 1 saturated carbocycles. The summed E-state index contributed by atoms with van der Waals surface area (Å²) in [6.45, 7) is 5.62. The molecule has 32 heavy (non-hydrogen) atoms. The van der Waals surface area contributed by atoms with E-state index in [1.807, 2.05) is 38.2 Å². The molecule has 0 unspecified atom stereocenters. The van der Waals surface area contributed by atoms with Gasteiger partial charge in [0.2, 0.25) is 5.91 Å². The molecule has 8 nitrogen and oxygen atoms in total. The minimum absolute atomic E-state index is 0.00745. The van der Waals surface area contributed by atoms with Gasteiger partial charge in [0.25, 0.3) is 5.91 Å². The molecule has 4 rings (SSSR count). The van der Waals surface area contributed by atoms with Crippen molar-refractivity contribution in [2.75, 3.05) is 5.32 Å². The topological polar surface area (TPSA) is 126 Å². The third-order valence-corrected chi connectivity index (χ3v) is 6.05. The van der Waals surface area contributed by atoms with Crippen LogP contribution < -0.4 is 16.4 Å². The van der Waals surface area contributed by atoms with E-state index in [1.165, 1.54) is 0 Å². The third kappa shape index (κ3) is 4.44. The van der Waals surface area contributed by atoms with E-state index in [-0.39, 0.29) is 23.9 Å². The van der Waals surface area contributed by atoms with Crippen molar-refractivity contribution in [3.05, 3.63) is 41.9 Å². The molecule has 168 valence electrons. The molecule has 0 bridgehead atoms. The highest BCUT2D eigenvalue weighted by Crippen LogP contribution is 2.39. The fraction of sp³-hybridized carbons (Fsp3) is 0.417. The number of primary amides is 1. The summed E-state index contributed by atoms with van der Waals surface area (Å²) in [5.74, 6) is -0.365. The van der Waals surface area contributed by atoms with E-state index in [0.29, 0.717) is 5.56 Å². The summed E-state index contributed by atoms with van der Waals surface area (Å²) in [4.78, 5) is 29.1. The number of anilines is 1. The first-order valence-electron chi connectivity index (χ1n) is 11.1. The van der Waals surface area contributed by atoms with Gasteiger partial charge in [-0.05, 0) is 57.2 Å². The van der Waals surface area contributed by atoms with Crippen LogP contribution in [0.1, 0.15) is 68.4 Å². The number of fused-ring (bicyclic) bond motifs is 1. The number of nitrogens with one attached hydrogen (secondary N) is 3. The number of hydrogen-bond acceptors (Lipinski definition) is 5. The van der Waals surface area contributed by atoms with Gasteiger partial charge in [0.05, 0.1) is 28.7 Å². The zero-order valence-corrected chi connectivity index (χ0v) is 18.7. The molecular weight excluding hydrogens is 404 g/mol. The highest BCUT2D eigenvalue weighted by molar-refractivity contribution is 6.08. The number of pyridine rings is 1. The monoisotopic (exact) mass is 434 g/mol. The largest absolute Gasteiger partial charge is 0.382 e. The Morgan fingerprint density at radius 3 is 2.50 bits per heavy atom. The average molecular weight is 435 g/mol. The first-order valence-corrected chi connectivity index (χ1v) is 11.1. The predicted octanol–water partition coefficient (Wildman–Crippen LogP) is 3.71. The average Bonchev–Trinajstić information content (AvgIpc) is 3.27. The van der Waals surface area contributed by atoms with Gasteiger partial charge in [-0.15, -0.1) is 0 Å². The first kappa shape index (κ1) is 21.8. The number of H-pyrrole nitrogens is 1. The second-order valence-electron chi connectivity index (χ2n) is 8.88. The third-order valence-electron chi connectivity index (χ3n) is 6.05. The number of amides is 2. The summed E-state index contributed by atoms with van der Waals surface area (Å²) < 4.78 is 0. The van der Waals surface area contributed by atoms with E-state index in [0.717, 1.165) is 59.1 Å². The maximum Gasteiger partial charge on any atom is 0.252 e. The Morgan fingerprint density at radius 1 is 1.16 bits per heavy atom. The van der Waals surface area contributed by atoms with Crippen LogP contribution in [0.5, 0.6) is 0 Å². The molecule has 5 N–H and O–H groups in total. The van der Waals surface area contributed by atoms with Crippen molar-refractivity contribution in [1.82, 2.24) is 20.5 Å². The molecule has 2 amide bonds. The Labute approximate surface area is 187 Å². The minimum atomic E-state index is -0.477. The van der Waals surface area contributed by atoms with Crippen molar-refractivity contribution < 1.29 is 9.59 Å². The molecule has 0 aliphatic heterocycles. The molecule has 0 atom stereocenters. The number of aromatic amines is 1. The van der Waals surface area contributed by atoms with Crippen molar-refractivity contribution in [1.29, 1.82) is 0 Å². The molecule has 1 aliphatic carbocycles. The number of rotatable bonds is 6. The van der Waals surface area contributed by atoms with E-state index < -0.39 is 5.91 Å². The van der Waals surface area contributed by atoms with E-state index in [2.05, 4.69) is 20.8 Å². The van der Waals surface area contributed by atoms with E-state index in [9.17, 15) is 9.59 Å². The number of benzene rings is 1. The summed E-state index contributed by atoms with van der Waals surface area (Å²) in [6, 6.07) is 6.31. The lowest BCUT2D eigenvalue weighted by atomic mass is 9.81. The van der Waals surface area contributed by atoms with Gasteiger partial charge in [-0.3, -0.25) is 19.7 Å². The van der Waals surface area contributed by atoms with Crippen molar-refractivity contribution in [3.8, 4) is 11.1 Å². The van der Waals surface area contributed by atoms with Crippen LogP contribution in [0.15, 0.2) is 30.6 Å². The van der Waals surface area contributed by atoms with Crippen LogP contribution in [0, 0.1) is 0 Å². The van der Waals surface area contributed by atoms with Gasteiger partial charge in [0, 0.05) is 42.1 Å². The Kier molecular flexibility index (Phi) is 6.12. The number of nitrogens with two attached hydrogens (primary N) is 1. The first-order chi connectivity index (χ1) is 15.3. The van der Waals surface area contributed by atoms with Crippen LogP contribution in [0.4, 0.5) is 5.69 Å². The van der Waals surface area contributed by atoms with E-state index in [4.69, 9.17) is 10.7 Å².